The molecule has 24 heavy (non-hydrogen) atoms. The number of hydrogen-bond donors (Lipinski definition) is 0. The molecule has 1 atom stereocenters. The summed E-state index contributed by atoms with van der Waals surface area (Å²) in [7, 11) is 3.44. The molecule has 3 rings (SSSR count). The van der Waals surface area contributed by atoms with Crippen LogP contribution in [0.2, 0.25) is 0 Å². The molecule has 1 aromatic carbocycles. The van der Waals surface area contributed by atoms with Crippen molar-refractivity contribution in [1.29, 1.82) is 0 Å². The lowest BCUT2D eigenvalue weighted by Crippen LogP contribution is -2.57. The average Bonchev–Trinajstić information content (AvgIpc) is 3.11. The molecule has 7 nitrogen and oxygen atoms in total. The summed E-state index contributed by atoms with van der Waals surface area (Å²) in [4.78, 5) is 18.6. The zero-order valence-electron chi connectivity index (χ0n) is 14.2. The first kappa shape index (κ1) is 16.6. The number of hydrogen-bond acceptors (Lipinski definition) is 5. The first-order valence-corrected chi connectivity index (χ1v) is 7.86. The molecule has 0 spiro atoms. The second kappa shape index (κ2) is 6.70. The van der Waals surface area contributed by atoms with Crippen molar-refractivity contribution in [2.45, 2.75) is 13.0 Å². The third-order valence-electron chi connectivity index (χ3n) is 4.59. The Bertz CT molecular complexity index is 680. The highest BCUT2D eigenvalue weighted by Crippen LogP contribution is 2.33. The second-order valence-electron chi connectivity index (χ2n) is 6.23. The maximum absolute atomic E-state index is 12.8. The number of methoxy groups -OCH3 is 1. The summed E-state index contributed by atoms with van der Waals surface area (Å²) < 4.78 is 12.2. The lowest BCUT2D eigenvalue weighted by Gasteiger charge is -2.43. The van der Waals surface area contributed by atoms with Gasteiger partial charge in [-0.05, 0) is 24.6 Å². The number of ether oxygens (including phenoxy) is 2. The van der Waals surface area contributed by atoms with Crippen molar-refractivity contribution >= 4 is 5.91 Å². The Kier molecular flexibility index (Phi) is 4.64. The standard InChI is InChI=1S/C17H22N4O3/c1-13(20(2)16(22)17(8-23-3)9-24-10-17)14-4-6-15(7-5-14)21-12-18-11-19-21/h4-7,11-13H,8-10H2,1-3H3. The minimum atomic E-state index is -0.543. The maximum Gasteiger partial charge on any atom is 0.236 e. The Morgan fingerprint density at radius 2 is 2.12 bits per heavy atom. The predicted molar refractivity (Wildman–Crippen MR) is 87.7 cm³/mol. The van der Waals surface area contributed by atoms with Gasteiger partial charge in [-0.2, -0.15) is 5.10 Å². The summed E-state index contributed by atoms with van der Waals surface area (Å²) >= 11 is 0. The molecule has 1 saturated heterocycles. The molecule has 0 N–H and O–H groups in total. The lowest BCUT2D eigenvalue weighted by molar-refractivity contribution is -0.183. The summed E-state index contributed by atoms with van der Waals surface area (Å²) in [5, 5.41) is 4.11. The molecule has 1 aromatic heterocycles. The first-order valence-electron chi connectivity index (χ1n) is 7.86. The van der Waals surface area contributed by atoms with Crippen LogP contribution in [0.15, 0.2) is 36.9 Å². The van der Waals surface area contributed by atoms with E-state index < -0.39 is 5.41 Å². The van der Waals surface area contributed by atoms with Crippen LogP contribution in [0.25, 0.3) is 5.69 Å². The third kappa shape index (κ3) is 2.92. The molecule has 1 aliphatic heterocycles. The van der Waals surface area contributed by atoms with Gasteiger partial charge in [0.25, 0.3) is 0 Å². The molecule has 7 heteroatoms. The van der Waals surface area contributed by atoms with E-state index in [0.29, 0.717) is 19.8 Å². The molecule has 0 bridgehead atoms. The molecule has 2 heterocycles. The summed E-state index contributed by atoms with van der Waals surface area (Å²) in [6.45, 7) is 3.24. The summed E-state index contributed by atoms with van der Waals surface area (Å²) in [6.07, 6.45) is 3.15. The normalized spacial score (nSPS) is 17.1. The molecule has 0 aliphatic carbocycles. The smallest absolute Gasteiger partial charge is 0.236 e. The molecule has 128 valence electrons. The van der Waals surface area contributed by atoms with E-state index >= 15 is 0 Å². The van der Waals surface area contributed by atoms with Crippen molar-refractivity contribution in [3.05, 3.63) is 42.5 Å². The fourth-order valence-electron chi connectivity index (χ4n) is 2.91. The van der Waals surface area contributed by atoms with E-state index in [-0.39, 0.29) is 11.9 Å². The Labute approximate surface area is 141 Å². The highest BCUT2D eigenvalue weighted by molar-refractivity contribution is 5.84. The van der Waals surface area contributed by atoms with E-state index in [0.717, 1.165) is 11.3 Å². The van der Waals surface area contributed by atoms with Crippen LogP contribution >= 0.6 is 0 Å². The molecule has 1 fully saturated rings. The Morgan fingerprint density at radius 1 is 1.42 bits per heavy atom. The van der Waals surface area contributed by atoms with Gasteiger partial charge < -0.3 is 14.4 Å². The predicted octanol–water partition coefficient (Wildman–Crippen LogP) is 1.45. The first-order chi connectivity index (χ1) is 11.6. The van der Waals surface area contributed by atoms with Gasteiger partial charge in [0.2, 0.25) is 5.91 Å². The van der Waals surface area contributed by atoms with E-state index in [4.69, 9.17) is 9.47 Å². The second-order valence-corrected chi connectivity index (χ2v) is 6.23. The quantitative estimate of drug-likeness (QED) is 0.802. The van der Waals surface area contributed by atoms with E-state index in [9.17, 15) is 4.79 Å². The Balaban J connectivity index is 1.73. The lowest BCUT2D eigenvalue weighted by atomic mass is 9.84. The van der Waals surface area contributed by atoms with Gasteiger partial charge >= 0.3 is 0 Å². The number of carbonyl (C=O) groups excluding carboxylic acids is 1. The topological polar surface area (TPSA) is 69.5 Å². The zero-order chi connectivity index (χ0) is 17.2. The van der Waals surface area contributed by atoms with Gasteiger partial charge in [-0.1, -0.05) is 12.1 Å². The fraction of sp³-hybridized carbons (Fsp3) is 0.471. The number of benzene rings is 1. The van der Waals surface area contributed by atoms with Crippen molar-refractivity contribution in [3.8, 4) is 5.69 Å². The summed E-state index contributed by atoms with van der Waals surface area (Å²) in [5.74, 6) is 0.0588. The van der Waals surface area contributed by atoms with E-state index in [1.54, 1.807) is 23.0 Å². The van der Waals surface area contributed by atoms with Crippen LogP contribution in [0, 0.1) is 5.41 Å². The number of amides is 1. The number of carbonyl (C=O) groups is 1. The molecule has 1 amide bonds. The van der Waals surface area contributed by atoms with Gasteiger partial charge in [-0.15, -0.1) is 0 Å². The van der Waals surface area contributed by atoms with Crippen LogP contribution in [-0.4, -0.2) is 59.5 Å². The minimum absolute atomic E-state index is 0.0448. The number of aromatic nitrogens is 3. The minimum Gasteiger partial charge on any atom is -0.383 e. The van der Waals surface area contributed by atoms with Gasteiger partial charge in [0.05, 0.1) is 31.5 Å². The molecular weight excluding hydrogens is 308 g/mol. The van der Waals surface area contributed by atoms with Gasteiger partial charge in [0.1, 0.15) is 18.1 Å². The van der Waals surface area contributed by atoms with Crippen LogP contribution < -0.4 is 0 Å². The van der Waals surface area contributed by atoms with Gasteiger partial charge in [-0.3, -0.25) is 4.79 Å². The summed E-state index contributed by atoms with van der Waals surface area (Å²) in [5.41, 5.74) is 1.45. The number of rotatable bonds is 6. The van der Waals surface area contributed by atoms with Crippen LogP contribution in [0.1, 0.15) is 18.5 Å². The highest BCUT2D eigenvalue weighted by atomic mass is 16.5. The average molecular weight is 330 g/mol. The van der Waals surface area contributed by atoms with Crippen molar-refractivity contribution < 1.29 is 14.3 Å². The highest BCUT2D eigenvalue weighted by Gasteiger charge is 2.48. The van der Waals surface area contributed by atoms with Crippen LogP contribution in [0.3, 0.4) is 0 Å². The maximum atomic E-state index is 12.8. The molecule has 0 saturated carbocycles. The largest absolute Gasteiger partial charge is 0.383 e. The van der Waals surface area contributed by atoms with E-state index in [1.165, 1.54) is 6.33 Å². The Hall–Kier alpha value is -2.25. The fourth-order valence-corrected chi connectivity index (χ4v) is 2.91. The van der Waals surface area contributed by atoms with Gasteiger partial charge in [-0.25, -0.2) is 9.67 Å². The third-order valence-corrected chi connectivity index (χ3v) is 4.59. The van der Waals surface area contributed by atoms with Crippen molar-refractivity contribution in [3.63, 3.8) is 0 Å². The van der Waals surface area contributed by atoms with Gasteiger partial charge in [0, 0.05) is 14.2 Å². The SMILES string of the molecule is COCC1(C(=O)N(C)C(C)c2ccc(-n3cncn3)cc2)COC1. The molecule has 1 aliphatic rings. The summed E-state index contributed by atoms with van der Waals surface area (Å²) in [6, 6.07) is 7.90. The zero-order valence-corrected chi connectivity index (χ0v) is 14.2. The van der Waals surface area contributed by atoms with Crippen LogP contribution in [-0.2, 0) is 14.3 Å². The molecule has 2 aromatic rings. The van der Waals surface area contributed by atoms with Gasteiger partial charge in [0.15, 0.2) is 0 Å². The van der Waals surface area contributed by atoms with Crippen molar-refractivity contribution in [2.75, 3.05) is 34.0 Å². The van der Waals surface area contributed by atoms with Crippen LogP contribution in [0.4, 0.5) is 0 Å². The van der Waals surface area contributed by atoms with Crippen molar-refractivity contribution in [2.24, 2.45) is 5.41 Å². The van der Waals surface area contributed by atoms with E-state index in [1.807, 2.05) is 38.2 Å². The Morgan fingerprint density at radius 3 is 2.62 bits per heavy atom. The van der Waals surface area contributed by atoms with Crippen LogP contribution in [0.5, 0.6) is 0 Å². The number of nitrogens with zero attached hydrogens (tertiary/aromatic N) is 4. The molecule has 1 unspecified atom stereocenters. The molecule has 0 radical (unpaired) electrons. The molecular formula is C17H22N4O3. The van der Waals surface area contributed by atoms with Crippen molar-refractivity contribution in [1.82, 2.24) is 19.7 Å². The monoisotopic (exact) mass is 330 g/mol. The van der Waals surface area contributed by atoms with E-state index in [2.05, 4.69) is 10.1 Å².